The Balaban J connectivity index is 2.44. The molecule has 1 atom stereocenters. The second kappa shape index (κ2) is 6.31. The van der Waals surface area contributed by atoms with Crippen LogP contribution in [0.5, 0.6) is 0 Å². The highest BCUT2D eigenvalue weighted by atomic mass is 32.1. The summed E-state index contributed by atoms with van der Waals surface area (Å²) in [4.78, 5) is 26.2. The van der Waals surface area contributed by atoms with Crippen LogP contribution >= 0.6 is 11.3 Å². The van der Waals surface area contributed by atoms with Gasteiger partial charge < -0.3 is 25.8 Å². The maximum Gasteiger partial charge on any atom is 0.343 e. The van der Waals surface area contributed by atoms with Gasteiger partial charge in [0.15, 0.2) is 0 Å². The monoisotopic (exact) mass is 313 g/mol. The third-order valence-electron chi connectivity index (χ3n) is 3.31. The quantitative estimate of drug-likeness (QED) is 0.697. The maximum absolute atomic E-state index is 12.0. The summed E-state index contributed by atoms with van der Waals surface area (Å²) in [7, 11) is 1.27. The van der Waals surface area contributed by atoms with Gasteiger partial charge in [-0.3, -0.25) is 4.79 Å². The highest BCUT2D eigenvalue weighted by Crippen LogP contribution is 2.40. The lowest BCUT2D eigenvalue weighted by atomic mass is 10.2. The maximum atomic E-state index is 12.0. The number of rotatable bonds is 4. The number of carbonyl (C=O) groups is 2. The lowest BCUT2D eigenvalue weighted by Crippen LogP contribution is -2.23. The van der Waals surface area contributed by atoms with Crippen molar-refractivity contribution in [3.63, 3.8) is 0 Å². The van der Waals surface area contributed by atoms with E-state index in [1.165, 1.54) is 7.11 Å². The van der Waals surface area contributed by atoms with Crippen molar-refractivity contribution in [2.24, 2.45) is 0 Å². The molecule has 1 unspecified atom stereocenters. The van der Waals surface area contributed by atoms with Crippen molar-refractivity contribution in [1.82, 2.24) is 5.32 Å². The Hall–Kier alpha value is -1.80. The van der Waals surface area contributed by atoms with Crippen LogP contribution in [0.2, 0.25) is 0 Å². The first-order chi connectivity index (χ1) is 9.99. The number of esters is 1. The van der Waals surface area contributed by atoms with Crippen molar-refractivity contribution in [1.29, 1.82) is 0 Å². The average molecular weight is 313 g/mol. The molecule has 1 aromatic heterocycles. The van der Waals surface area contributed by atoms with E-state index in [1.54, 1.807) is 6.92 Å². The Kier molecular flexibility index (Phi) is 4.69. The number of hydrogen-bond acceptors (Lipinski definition) is 7. The van der Waals surface area contributed by atoms with Gasteiger partial charge in [-0.15, -0.1) is 11.3 Å². The topological polar surface area (TPSA) is 105 Å². The molecule has 2 heterocycles. The number of aliphatic hydroxyl groups excluding tert-OH is 1. The first-order valence-electron chi connectivity index (χ1n) is 6.71. The Morgan fingerprint density at radius 3 is 2.81 bits per heavy atom. The van der Waals surface area contributed by atoms with Gasteiger partial charge in [0.1, 0.15) is 15.4 Å². The number of anilines is 2. The number of amides is 1. The van der Waals surface area contributed by atoms with Crippen molar-refractivity contribution in [2.45, 2.75) is 19.4 Å². The summed E-state index contributed by atoms with van der Waals surface area (Å²) in [5.74, 6) is -0.883. The van der Waals surface area contributed by atoms with Gasteiger partial charge in [0.2, 0.25) is 0 Å². The van der Waals surface area contributed by atoms with Gasteiger partial charge in [0.05, 0.1) is 18.9 Å². The Bertz CT molecular complexity index is 558. The summed E-state index contributed by atoms with van der Waals surface area (Å²) in [5, 5.41) is 12.9. The molecule has 1 aliphatic heterocycles. The molecule has 4 N–H and O–H groups in total. The Morgan fingerprint density at radius 1 is 1.57 bits per heavy atom. The third kappa shape index (κ3) is 2.96. The first kappa shape index (κ1) is 15.6. The summed E-state index contributed by atoms with van der Waals surface area (Å²) < 4.78 is 4.76. The minimum Gasteiger partial charge on any atom is -0.465 e. The molecule has 0 spiro atoms. The Labute approximate surface area is 126 Å². The van der Waals surface area contributed by atoms with Gasteiger partial charge in [-0.25, -0.2) is 4.79 Å². The number of methoxy groups -OCH3 is 1. The van der Waals surface area contributed by atoms with Crippen LogP contribution in [-0.2, 0) is 4.74 Å². The van der Waals surface area contributed by atoms with Crippen molar-refractivity contribution in [2.75, 3.05) is 37.4 Å². The molecule has 0 bridgehead atoms. The number of hydrogen-bond donors (Lipinski definition) is 3. The van der Waals surface area contributed by atoms with Crippen LogP contribution in [0.4, 0.5) is 10.7 Å². The number of thiophene rings is 1. The second-order valence-corrected chi connectivity index (χ2v) is 5.76. The molecule has 0 saturated carbocycles. The fourth-order valence-electron chi connectivity index (χ4n) is 2.29. The van der Waals surface area contributed by atoms with Crippen LogP contribution in [0.3, 0.4) is 0 Å². The molecule has 0 aromatic carbocycles. The van der Waals surface area contributed by atoms with E-state index in [1.807, 2.05) is 4.90 Å². The molecule has 1 aliphatic rings. The van der Waals surface area contributed by atoms with E-state index in [0.29, 0.717) is 35.9 Å². The summed E-state index contributed by atoms with van der Waals surface area (Å²) in [6.07, 6.45) is 0.182. The molecule has 8 heteroatoms. The molecule has 1 fully saturated rings. The second-order valence-electron chi connectivity index (χ2n) is 4.76. The van der Waals surface area contributed by atoms with E-state index in [9.17, 15) is 14.7 Å². The minimum absolute atomic E-state index is 0.134. The molecule has 1 amide bonds. The van der Waals surface area contributed by atoms with Crippen LogP contribution in [0.15, 0.2) is 0 Å². The predicted molar refractivity (Wildman–Crippen MR) is 80.9 cm³/mol. The molecule has 7 nitrogen and oxygen atoms in total. The van der Waals surface area contributed by atoms with E-state index in [2.05, 4.69) is 5.32 Å². The average Bonchev–Trinajstić information content (AvgIpc) is 3.02. The summed E-state index contributed by atoms with van der Waals surface area (Å²) in [6.45, 7) is 3.31. The molecule has 21 heavy (non-hydrogen) atoms. The van der Waals surface area contributed by atoms with Gasteiger partial charge in [0, 0.05) is 19.6 Å². The van der Waals surface area contributed by atoms with Crippen molar-refractivity contribution in [3.05, 3.63) is 10.4 Å². The lowest BCUT2D eigenvalue weighted by molar-refractivity contribution is 0.0603. The van der Waals surface area contributed by atoms with Crippen LogP contribution in [-0.4, -0.2) is 49.8 Å². The Morgan fingerprint density at radius 2 is 2.29 bits per heavy atom. The fraction of sp³-hybridized carbons (Fsp3) is 0.538. The number of nitrogens with two attached hydrogens (primary N) is 1. The zero-order valence-corrected chi connectivity index (χ0v) is 12.8. The predicted octanol–water partition coefficient (Wildman–Crippen LogP) is 0.438. The standard InChI is InChI=1S/C13H19N3O4S/c1-3-15-11(18)10-9(14)8(13(19)20-2)12(21-10)16-5-4-7(17)6-16/h7,17H,3-6,14H2,1-2H3,(H,15,18). The van der Waals surface area contributed by atoms with E-state index in [0.717, 1.165) is 11.3 Å². The summed E-state index contributed by atoms with van der Waals surface area (Å²) >= 11 is 1.15. The molecular weight excluding hydrogens is 294 g/mol. The highest BCUT2D eigenvalue weighted by molar-refractivity contribution is 7.19. The highest BCUT2D eigenvalue weighted by Gasteiger charge is 2.31. The normalized spacial score (nSPS) is 17.9. The van der Waals surface area contributed by atoms with E-state index in [4.69, 9.17) is 10.5 Å². The SMILES string of the molecule is CCNC(=O)c1sc(N2CCC(O)C2)c(C(=O)OC)c1N. The minimum atomic E-state index is -0.573. The van der Waals surface area contributed by atoms with Crippen molar-refractivity contribution >= 4 is 33.9 Å². The van der Waals surface area contributed by atoms with Gasteiger partial charge in [-0.1, -0.05) is 0 Å². The third-order valence-corrected chi connectivity index (χ3v) is 4.58. The van der Waals surface area contributed by atoms with Crippen molar-refractivity contribution < 1.29 is 19.4 Å². The number of aliphatic hydroxyl groups is 1. The number of ether oxygens (including phenoxy) is 1. The largest absolute Gasteiger partial charge is 0.465 e. The van der Waals surface area contributed by atoms with E-state index < -0.39 is 12.1 Å². The van der Waals surface area contributed by atoms with Crippen LogP contribution < -0.4 is 16.0 Å². The molecule has 2 rings (SSSR count). The molecule has 116 valence electrons. The van der Waals surface area contributed by atoms with Gasteiger partial charge in [-0.2, -0.15) is 0 Å². The van der Waals surface area contributed by atoms with Crippen LogP contribution in [0, 0.1) is 0 Å². The van der Waals surface area contributed by atoms with Crippen molar-refractivity contribution in [3.8, 4) is 0 Å². The zero-order valence-electron chi connectivity index (χ0n) is 12.0. The molecule has 0 radical (unpaired) electrons. The van der Waals surface area contributed by atoms with Gasteiger partial charge in [0.25, 0.3) is 5.91 Å². The number of nitrogens with zero attached hydrogens (tertiary/aromatic N) is 1. The lowest BCUT2D eigenvalue weighted by Gasteiger charge is -2.16. The molecule has 1 aromatic rings. The zero-order chi connectivity index (χ0) is 15.6. The first-order valence-corrected chi connectivity index (χ1v) is 7.53. The number of nitrogen functional groups attached to an aromatic ring is 1. The molecular formula is C13H19N3O4S. The summed E-state index contributed by atoms with van der Waals surface area (Å²) in [5.41, 5.74) is 6.31. The van der Waals surface area contributed by atoms with Crippen LogP contribution in [0.1, 0.15) is 33.4 Å². The molecule has 0 aliphatic carbocycles. The fourth-order valence-corrected chi connectivity index (χ4v) is 3.45. The number of nitrogens with one attached hydrogen (secondary N) is 1. The van der Waals surface area contributed by atoms with Gasteiger partial charge >= 0.3 is 5.97 Å². The van der Waals surface area contributed by atoms with E-state index in [-0.39, 0.29) is 17.2 Å². The number of β-amino-alcohol motifs (C(OH)–C–C–N with tert-alkyl or cyclic N) is 1. The summed E-state index contributed by atoms with van der Waals surface area (Å²) in [6, 6.07) is 0. The van der Waals surface area contributed by atoms with E-state index >= 15 is 0 Å². The van der Waals surface area contributed by atoms with Gasteiger partial charge in [-0.05, 0) is 13.3 Å². The smallest absolute Gasteiger partial charge is 0.343 e. The molecule has 1 saturated heterocycles. The number of carbonyl (C=O) groups excluding carboxylic acids is 2. The van der Waals surface area contributed by atoms with Crippen LogP contribution in [0.25, 0.3) is 0 Å².